The van der Waals surface area contributed by atoms with E-state index in [4.69, 9.17) is 13.9 Å². The largest absolute Gasteiger partial charge is 0.491 e. The highest BCUT2D eigenvalue weighted by Crippen LogP contribution is 2.37. The number of sulfonamides is 1. The highest BCUT2D eigenvalue weighted by Gasteiger charge is 2.33. The molecule has 0 fully saturated rings. The first-order valence-corrected chi connectivity index (χ1v) is 16.8. The molecule has 0 saturated heterocycles. The van der Waals surface area contributed by atoms with E-state index in [2.05, 4.69) is 0 Å². The molecule has 1 heterocycles. The van der Waals surface area contributed by atoms with Crippen molar-refractivity contribution < 1.29 is 37.1 Å². The zero-order valence-corrected chi connectivity index (χ0v) is 27.8. The van der Waals surface area contributed by atoms with E-state index < -0.39 is 37.4 Å². The fourth-order valence-corrected chi connectivity index (χ4v) is 7.34. The highest BCUT2D eigenvalue weighted by atomic mass is 32.2. The van der Waals surface area contributed by atoms with Gasteiger partial charge in [-0.3, -0.25) is 19.2 Å². The van der Waals surface area contributed by atoms with Crippen molar-refractivity contribution in [3.63, 3.8) is 0 Å². The third kappa shape index (κ3) is 7.04. The molecule has 1 aromatic heterocycles. The minimum absolute atomic E-state index is 0.163. The van der Waals surface area contributed by atoms with Crippen LogP contribution in [0.25, 0.3) is 22.1 Å². The number of aliphatic carboxylic acids is 1. The molecule has 5 rings (SSSR count). The van der Waals surface area contributed by atoms with Crippen molar-refractivity contribution in [2.75, 3.05) is 24.1 Å². The first kappa shape index (κ1) is 34.1. The Morgan fingerprint density at radius 1 is 1.00 bits per heavy atom. The van der Waals surface area contributed by atoms with Crippen LogP contribution >= 0.6 is 0 Å². The first-order chi connectivity index (χ1) is 22.9. The molecule has 0 aliphatic rings. The predicted octanol–water partition coefficient (Wildman–Crippen LogP) is 7.62. The summed E-state index contributed by atoms with van der Waals surface area (Å²) < 4.78 is 46.7. The minimum atomic E-state index is -4.50. The number of benzene rings is 4. The number of hydrogen-bond acceptors (Lipinski definition) is 8. The van der Waals surface area contributed by atoms with Gasteiger partial charge in [0.15, 0.2) is 4.90 Å². The lowest BCUT2D eigenvalue weighted by Gasteiger charge is -2.25. The van der Waals surface area contributed by atoms with E-state index in [-0.39, 0.29) is 17.8 Å². The number of ether oxygens (including phenoxy) is 2. The molecule has 250 valence electrons. The number of furan rings is 1. The van der Waals surface area contributed by atoms with Crippen molar-refractivity contribution >= 4 is 38.3 Å². The standard InChI is InChI=1S/C36H36N2O9S/c1-5-45-15-16-46-29-17-23(2)35(24(3)18-29)27-10-8-9-26(19-27)21-37(48(43,44)34-12-7-6-11-32(34)38(41)42)28-13-14-30-31(25(4)36(39)40)22-47-33(30)20-28/h6-14,17-20,22,25H,5,15-16,21H2,1-4H3,(H,39,40). The Morgan fingerprint density at radius 3 is 2.42 bits per heavy atom. The summed E-state index contributed by atoms with van der Waals surface area (Å²) in [6, 6.07) is 21.2. The third-order valence-corrected chi connectivity index (χ3v) is 9.91. The van der Waals surface area contributed by atoms with Crippen molar-refractivity contribution in [3.8, 4) is 16.9 Å². The van der Waals surface area contributed by atoms with Gasteiger partial charge in [-0.05, 0) is 91.9 Å². The fraction of sp³-hybridized carbons (Fsp3) is 0.250. The van der Waals surface area contributed by atoms with Gasteiger partial charge in [-0.15, -0.1) is 0 Å². The van der Waals surface area contributed by atoms with Crippen LogP contribution in [0.5, 0.6) is 5.75 Å². The SMILES string of the molecule is CCOCCOc1cc(C)c(-c2cccc(CN(c3ccc4c(C(C)C(=O)O)coc4c3)S(=O)(=O)c3ccccc3[N+](=O)[O-])c2)c(C)c1. The van der Waals surface area contributed by atoms with Gasteiger partial charge in [-0.1, -0.05) is 30.3 Å². The van der Waals surface area contributed by atoms with Gasteiger partial charge >= 0.3 is 5.97 Å². The molecule has 0 spiro atoms. The maximum absolute atomic E-state index is 14.3. The van der Waals surface area contributed by atoms with Crippen LogP contribution in [-0.4, -0.2) is 44.2 Å². The summed E-state index contributed by atoms with van der Waals surface area (Å²) in [4.78, 5) is 22.4. The zero-order chi connectivity index (χ0) is 34.6. The van der Waals surface area contributed by atoms with Gasteiger partial charge in [0.25, 0.3) is 15.7 Å². The molecule has 1 atom stereocenters. The molecule has 0 radical (unpaired) electrons. The average Bonchev–Trinajstić information content (AvgIpc) is 3.48. The van der Waals surface area contributed by atoms with E-state index in [0.29, 0.717) is 36.3 Å². The van der Waals surface area contributed by atoms with Crippen molar-refractivity contribution in [2.45, 2.75) is 45.1 Å². The summed E-state index contributed by atoms with van der Waals surface area (Å²) in [6.45, 7) is 8.78. The summed E-state index contributed by atoms with van der Waals surface area (Å²) in [5.74, 6) is -1.16. The number of rotatable bonds is 14. The Balaban J connectivity index is 1.57. The summed E-state index contributed by atoms with van der Waals surface area (Å²) in [7, 11) is -4.50. The number of hydrogen-bond donors (Lipinski definition) is 1. The lowest BCUT2D eigenvalue weighted by atomic mass is 9.94. The highest BCUT2D eigenvalue weighted by molar-refractivity contribution is 7.93. The average molecular weight is 673 g/mol. The Labute approximate surface area is 278 Å². The van der Waals surface area contributed by atoms with E-state index in [0.717, 1.165) is 38.4 Å². The Hall–Kier alpha value is -5.20. The topological polar surface area (TPSA) is 149 Å². The maximum Gasteiger partial charge on any atom is 0.310 e. The Bertz CT molecular complexity index is 2070. The van der Waals surface area contributed by atoms with Crippen LogP contribution in [0.15, 0.2) is 94.4 Å². The van der Waals surface area contributed by atoms with E-state index in [9.17, 15) is 28.4 Å². The number of anilines is 1. The quantitative estimate of drug-likeness (QED) is 0.0714. The molecule has 1 N–H and O–H groups in total. The summed E-state index contributed by atoms with van der Waals surface area (Å²) >= 11 is 0. The van der Waals surface area contributed by atoms with Gasteiger partial charge in [0.1, 0.15) is 17.9 Å². The fourth-order valence-electron chi connectivity index (χ4n) is 5.74. The van der Waals surface area contributed by atoms with Crippen LogP contribution in [-0.2, 0) is 26.1 Å². The molecule has 0 aliphatic carbocycles. The number of para-hydroxylation sites is 1. The number of carboxylic acid groups (broad SMARTS) is 1. The van der Waals surface area contributed by atoms with Gasteiger partial charge in [-0.25, -0.2) is 8.42 Å². The van der Waals surface area contributed by atoms with Crippen LogP contribution in [0.1, 0.15) is 42.0 Å². The number of nitro benzene ring substituents is 1. The number of carboxylic acids is 1. The summed E-state index contributed by atoms with van der Waals surface area (Å²) in [5.41, 5.74) is 4.77. The normalized spacial score (nSPS) is 12.2. The predicted molar refractivity (Wildman–Crippen MR) is 182 cm³/mol. The van der Waals surface area contributed by atoms with Gasteiger partial charge in [-0.2, -0.15) is 0 Å². The monoisotopic (exact) mass is 672 g/mol. The first-order valence-electron chi connectivity index (χ1n) is 15.3. The minimum Gasteiger partial charge on any atom is -0.491 e. The van der Waals surface area contributed by atoms with Crippen molar-refractivity contribution in [1.82, 2.24) is 0 Å². The molecular weight excluding hydrogens is 636 g/mol. The van der Waals surface area contributed by atoms with Crippen LogP contribution in [0.3, 0.4) is 0 Å². The smallest absolute Gasteiger partial charge is 0.310 e. The molecule has 1 unspecified atom stereocenters. The second kappa shape index (κ2) is 14.3. The lowest BCUT2D eigenvalue weighted by molar-refractivity contribution is -0.387. The van der Waals surface area contributed by atoms with Gasteiger partial charge < -0.3 is 19.0 Å². The van der Waals surface area contributed by atoms with Crippen LogP contribution in [0, 0.1) is 24.0 Å². The Morgan fingerprint density at radius 2 is 1.73 bits per heavy atom. The molecule has 0 aliphatic heterocycles. The van der Waals surface area contributed by atoms with Gasteiger partial charge in [0.05, 0.1) is 35.9 Å². The van der Waals surface area contributed by atoms with Crippen LogP contribution in [0.2, 0.25) is 0 Å². The van der Waals surface area contributed by atoms with Crippen LogP contribution in [0.4, 0.5) is 11.4 Å². The van der Waals surface area contributed by atoms with E-state index in [1.807, 2.05) is 51.1 Å². The second-order valence-electron chi connectivity index (χ2n) is 11.3. The zero-order valence-electron chi connectivity index (χ0n) is 27.0. The van der Waals surface area contributed by atoms with E-state index in [1.165, 1.54) is 37.5 Å². The van der Waals surface area contributed by atoms with E-state index in [1.54, 1.807) is 18.2 Å². The number of nitro groups is 1. The van der Waals surface area contributed by atoms with Crippen molar-refractivity contribution in [1.29, 1.82) is 0 Å². The second-order valence-corrected chi connectivity index (χ2v) is 13.2. The lowest BCUT2D eigenvalue weighted by Crippen LogP contribution is -2.31. The maximum atomic E-state index is 14.3. The van der Waals surface area contributed by atoms with Crippen molar-refractivity contribution in [2.24, 2.45) is 0 Å². The molecule has 12 heteroatoms. The van der Waals surface area contributed by atoms with Crippen LogP contribution < -0.4 is 9.04 Å². The molecule has 48 heavy (non-hydrogen) atoms. The summed E-state index contributed by atoms with van der Waals surface area (Å²) in [5, 5.41) is 22.0. The van der Waals surface area contributed by atoms with Crippen molar-refractivity contribution in [3.05, 3.63) is 117 Å². The number of aryl methyl sites for hydroxylation is 2. The molecule has 4 aromatic carbocycles. The van der Waals surface area contributed by atoms with E-state index >= 15 is 0 Å². The number of fused-ring (bicyclic) bond motifs is 1. The molecule has 11 nitrogen and oxygen atoms in total. The number of nitrogens with zero attached hydrogens (tertiary/aromatic N) is 2. The molecule has 0 saturated carbocycles. The number of carbonyl (C=O) groups is 1. The molecule has 0 amide bonds. The Kier molecular flexibility index (Phi) is 10.2. The molecular formula is C36H36N2O9S. The van der Waals surface area contributed by atoms with Gasteiger partial charge in [0, 0.05) is 29.7 Å². The molecule has 5 aromatic rings. The van der Waals surface area contributed by atoms with Gasteiger partial charge in [0.2, 0.25) is 0 Å². The third-order valence-electron chi connectivity index (χ3n) is 8.09. The summed E-state index contributed by atoms with van der Waals surface area (Å²) in [6.07, 6.45) is 1.34. The molecule has 0 bridgehead atoms.